The van der Waals surface area contributed by atoms with Crippen molar-refractivity contribution in [1.82, 2.24) is 9.80 Å². The van der Waals surface area contributed by atoms with E-state index in [1.54, 1.807) is 26.1 Å². The van der Waals surface area contributed by atoms with E-state index in [-0.39, 0.29) is 35.5 Å². The van der Waals surface area contributed by atoms with E-state index in [9.17, 15) is 19.5 Å². The number of urea groups is 1. The topological polar surface area (TPSA) is 77.9 Å². The van der Waals surface area contributed by atoms with E-state index in [1.165, 1.54) is 17.0 Å². The second-order valence-electron chi connectivity index (χ2n) is 6.16. The van der Waals surface area contributed by atoms with Crippen LogP contribution in [0.5, 0.6) is 5.75 Å². The van der Waals surface area contributed by atoms with E-state index in [0.29, 0.717) is 0 Å². The Labute approximate surface area is 135 Å². The molecule has 0 saturated carbocycles. The first-order chi connectivity index (χ1) is 10.7. The summed E-state index contributed by atoms with van der Waals surface area (Å²) in [4.78, 5) is 39.9. The zero-order valence-corrected chi connectivity index (χ0v) is 13.9. The van der Waals surface area contributed by atoms with Crippen LogP contribution in [0.2, 0.25) is 0 Å². The first-order valence-corrected chi connectivity index (χ1v) is 7.65. The van der Waals surface area contributed by atoms with E-state index in [0.717, 1.165) is 11.3 Å². The minimum Gasteiger partial charge on any atom is -0.508 e. The highest BCUT2D eigenvalue weighted by molar-refractivity contribution is 6.11. The fraction of sp³-hybridized carbons (Fsp3) is 0.471. The Hall–Kier alpha value is -2.37. The second kappa shape index (κ2) is 6.02. The van der Waals surface area contributed by atoms with Crippen molar-refractivity contribution in [2.75, 3.05) is 13.6 Å². The summed E-state index contributed by atoms with van der Waals surface area (Å²) >= 11 is 0. The predicted molar refractivity (Wildman–Crippen MR) is 85.2 cm³/mol. The number of phenolic OH excluding ortho intramolecular Hbond substituents is 1. The van der Waals surface area contributed by atoms with Gasteiger partial charge in [-0.1, -0.05) is 32.4 Å². The average molecular weight is 318 g/mol. The van der Waals surface area contributed by atoms with Crippen LogP contribution in [0.25, 0.3) is 0 Å². The molecular formula is C17H22N2O4. The molecule has 0 aromatic heterocycles. The smallest absolute Gasteiger partial charge is 0.327 e. The lowest BCUT2D eigenvalue weighted by Gasteiger charge is -2.33. The van der Waals surface area contributed by atoms with Gasteiger partial charge in [0.15, 0.2) is 5.78 Å². The molecule has 23 heavy (non-hydrogen) atoms. The Kier molecular flexibility index (Phi) is 4.45. The molecule has 2 rings (SSSR count). The lowest BCUT2D eigenvalue weighted by atomic mass is 9.84. The Morgan fingerprint density at radius 2 is 2.00 bits per heavy atom. The summed E-state index contributed by atoms with van der Waals surface area (Å²) < 4.78 is 0. The molecule has 0 bridgehead atoms. The lowest BCUT2D eigenvalue weighted by Crippen LogP contribution is -2.50. The van der Waals surface area contributed by atoms with Gasteiger partial charge in [-0.2, -0.15) is 0 Å². The zero-order chi connectivity index (χ0) is 17.4. The number of carbonyl (C=O) groups is 3. The van der Waals surface area contributed by atoms with Gasteiger partial charge in [0.1, 0.15) is 11.3 Å². The number of amides is 3. The molecule has 0 aliphatic carbocycles. The highest BCUT2D eigenvalue weighted by atomic mass is 16.3. The van der Waals surface area contributed by atoms with Gasteiger partial charge in [0, 0.05) is 12.6 Å². The van der Waals surface area contributed by atoms with Gasteiger partial charge >= 0.3 is 6.03 Å². The van der Waals surface area contributed by atoms with Gasteiger partial charge in [0.05, 0.1) is 6.54 Å². The number of benzene rings is 1. The fourth-order valence-electron chi connectivity index (χ4n) is 2.88. The monoisotopic (exact) mass is 318 g/mol. The normalized spacial score (nSPS) is 22.6. The molecule has 6 nitrogen and oxygen atoms in total. The predicted octanol–water partition coefficient (Wildman–Crippen LogP) is 2.27. The first-order valence-electron chi connectivity index (χ1n) is 7.65. The number of nitrogens with zero attached hydrogens (tertiary/aromatic N) is 2. The van der Waals surface area contributed by atoms with Crippen molar-refractivity contribution < 1.29 is 19.5 Å². The molecule has 0 spiro atoms. The molecule has 1 N–H and O–H groups in total. The molecular weight excluding hydrogens is 296 g/mol. The Morgan fingerprint density at radius 1 is 1.35 bits per heavy atom. The number of rotatable bonds is 5. The van der Waals surface area contributed by atoms with Crippen molar-refractivity contribution in [3.05, 3.63) is 29.8 Å². The molecule has 1 fully saturated rings. The van der Waals surface area contributed by atoms with Crippen LogP contribution in [0.15, 0.2) is 24.3 Å². The van der Waals surface area contributed by atoms with Gasteiger partial charge in [-0.25, -0.2) is 4.79 Å². The van der Waals surface area contributed by atoms with Crippen LogP contribution < -0.4 is 0 Å². The number of hydrogen-bond acceptors (Lipinski definition) is 4. The summed E-state index contributed by atoms with van der Waals surface area (Å²) in [5.41, 5.74) is -0.671. The third-order valence-corrected chi connectivity index (χ3v) is 4.93. The number of ketones is 1. The van der Waals surface area contributed by atoms with Gasteiger partial charge in [-0.15, -0.1) is 0 Å². The van der Waals surface area contributed by atoms with Crippen LogP contribution in [0, 0.1) is 5.92 Å². The molecule has 2 atom stereocenters. The van der Waals surface area contributed by atoms with Crippen LogP contribution >= 0.6 is 0 Å². The largest absolute Gasteiger partial charge is 0.508 e. The quantitative estimate of drug-likeness (QED) is 0.667. The molecule has 1 aromatic carbocycles. The summed E-state index contributed by atoms with van der Waals surface area (Å²) in [5, 5.41) is 9.45. The lowest BCUT2D eigenvalue weighted by molar-refractivity contribution is -0.134. The third kappa shape index (κ3) is 2.69. The maximum atomic E-state index is 12.7. The second-order valence-corrected chi connectivity index (χ2v) is 6.16. The van der Waals surface area contributed by atoms with Gasteiger partial charge in [0.25, 0.3) is 5.91 Å². The van der Waals surface area contributed by atoms with Gasteiger partial charge in [-0.05, 0) is 25.0 Å². The van der Waals surface area contributed by atoms with Gasteiger partial charge in [0.2, 0.25) is 0 Å². The van der Waals surface area contributed by atoms with Crippen LogP contribution in [0.1, 0.15) is 37.6 Å². The van der Waals surface area contributed by atoms with Crippen LogP contribution in [-0.4, -0.2) is 51.8 Å². The highest BCUT2D eigenvalue weighted by Gasteiger charge is 2.55. The summed E-state index contributed by atoms with van der Waals surface area (Å²) in [6.07, 6.45) is 0.744. The molecule has 1 unspecified atom stereocenters. The van der Waals surface area contributed by atoms with Gasteiger partial charge < -0.3 is 10.0 Å². The number of imide groups is 1. The molecule has 124 valence electrons. The summed E-state index contributed by atoms with van der Waals surface area (Å²) in [5.74, 6) is -0.793. The molecule has 6 heteroatoms. The average Bonchev–Trinajstić information content (AvgIpc) is 2.70. The third-order valence-electron chi connectivity index (χ3n) is 4.93. The van der Waals surface area contributed by atoms with Crippen molar-refractivity contribution in [2.24, 2.45) is 5.92 Å². The van der Waals surface area contributed by atoms with Crippen LogP contribution in [0.3, 0.4) is 0 Å². The number of carbonyl (C=O) groups excluding carboxylic acids is 3. The molecule has 1 heterocycles. The van der Waals surface area contributed by atoms with Gasteiger partial charge in [-0.3, -0.25) is 14.5 Å². The molecule has 0 radical (unpaired) electrons. The maximum Gasteiger partial charge on any atom is 0.327 e. The van der Waals surface area contributed by atoms with Crippen molar-refractivity contribution in [3.63, 3.8) is 0 Å². The minimum absolute atomic E-state index is 0.0233. The van der Waals surface area contributed by atoms with Crippen molar-refractivity contribution >= 4 is 17.7 Å². The maximum absolute atomic E-state index is 12.7. The first kappa shape index (κ1) is 17.0. The van der Waals surface area contributed by atoms with Crippen molar-refractivity contribution in [3.8, 4) is 5.75 Å². The molecule has 1 aliphatic heterocycles. The number of phenols is 1. The number of aromatic hydroxyl groups is 1. The van der Waals surface area contributed by atoms with E-state index >= 15 is 0 Å². The standard InChI is InChI=1S/C17H22N2O4/c1-5-11(2)17(3)15(22)19(16(23)18(17)4)10-14(21)12-7-6-8-13(20)9-12/h6-9,11,20H,5,10H2,1-4H3/t11-,17?/m1/s1. The highest BCUT2D eigenvalue weighted by Crippen LogP contribution is 2.34. The molecule has 1 aromatic rings. The van der Waals surface area contributed by atoms with E-state index < -0.39 is 11.6 Å². The SMILES string of the molecule is CC[C@@H](C)C1(C)C(=O)N(CC(=O)c2cccc(O)c2)C(=O)N1C. The van der Waals surface area contributed by atoms with Crippen molar-refractivity contribution in [1.29, 1.82) is 0 Å². The van der Waals surface area contributed by atoms with Crippen LogP contribution in [-0.2, 0) is 4.79 Å². The zero-order valence-electron chi connectivity index (χ0n) is 13.9. The minimum atomic E-state index is -0.940. The number of Topliss-reactive ketones (excluding diaryl/α,β-unsaturated/α-hetero) is 1. The van der Waals surface area contributed by atoms with Crippen LogP contribution in [0.4, 0.5) is 4.79 Å². The Balaban J connectivity index is 2.25. The Bertz CT molecular complexity index is 658. The van der Waals surface area contributed by atoms with E-state index in [4.69, 9.17) is 0 Å². The molecule has 1 saturated heterocycles. The summed E-state index contributed by atoms with van der Waals surface area (Å²) in [6.45, 7) is 5.29. The Morgan fingerprint density at radius 3 is 2.57 bits per heavy atom. The van der Waals surface area contributed by atoms with Crippen molar-refractivity contribution in [2.45, 2.75) is 32.7 Å². The van der Waals surface area contributed by atoms with E-state index in [2.05, 4.69) is 0 Å². The fourth-order valence-corrected chi connectivity index (χ4v) is 2.88. The van der Waals surface area contributed by atoms with E-state index in [1.807, 2.05) is 13.8 Å². The summed E-state index contributed by atoms with van der Waals surface area (Å²) in [6, 6.07) is 5.41. The summed E-state index contributed by atoms with van der Waals surface area (Å²) in [7, 11) is 1.59. The molecule has 3 amide bonds. The number of hydrogen-bond donors (Lipinski definition) is 1. The number of likely N-dealkylation sites (N-methyl/N-ethyl adjacent to an activating group) is 1. The molecule has 1 aliphatic rings.